The van der Waals surface area contributed by atoms with E-state index in [0.717, 1.165) is 24.0 Å². The molecule has 0 radical (unpaired) electrons. The van der Waals surface area contributed by atoms with E-state index in [2.05, 4.69) is 48.6 Å². The molecular weight excluding hydrogens is 322 g/mol. The maximum absolute atomic E-state index is 12.0. The van der Waals surface area contributed by atoms with Gasteiger partial charge in [0.1, 0.15) is 12.4 Å². The zero-order valence-corrected chi connectivity index (χ0v) is 15.2. The van der Waals surface area contributed by atoms with Crippen molar-refractivity contribution < 1.29 is 9.53 Å². The molecule has 3 nitrogen and oxygen atoms in total. The molecule has 3 heteroatoms. The Balaban J connectivity index is 1.37. The fourth-order valence-corrected chi connectivity index (χ4v) is 2.90. The number of fused-ring (bicyclic) bond motifs is 1. The number of hydrogen-bond acceptors (Lipinski definition) is 2. The first kappa shape index (κ1) is 18.0. The largest absolute Gasteiger partial charge is 0.492 e. The van der Waals surface area contributed by atoms with Crippen molar-refractivity contribution in [3.8, 4) is 5.75 Å². The minimum atomic E-state index is 0.0617. The van der Waals surface area contributed by atoms with Gasteiger partial charge in [0.15, 0.2) is 0 Å². The molecule has 1 amide bonds. The van der Waals surface area contributed by atoms with E-state index >= 15 is 0 Å². The van der Waals surface area contributed by atoms with Crippen molar-refractivity contribution in [3.05, 3.63) is 77.9 Å². The van der Waals surface area contributed by atoms with E-state index in [1.165, 1.54) is 16.5 Å². The van der Waals surface area contributed by atoms with Crippen molar-refractivity contribution >= 4 is 16.7 Å². The Kier molecular flexibility index (Phi) is 6.26. The van der Waals surface area contributed by atoms with Gasteiger partial charge in [-0.05, 0) is 46.9 Å². The second kappa shape index (κ2) is 9.04. The summed E-state index contributed by atoms with van der Waals surface area (Å²) in [6.45, 7) is 3.12. The normalized spacial score (nSPS) is 10.7. The molecule has 0 heterocycles. The number of ether oxygens (including phenoxy) is 1. The van der Waals surface area contributed by atoms with Gasteiger partial charge < -0.3 is 10.1 Å². The fourth-order valence-electron chi connectivity index (χ4n) is 2.90. The summed E-state index contributed by atoms with van der Waals surface area (Å²) in [5, 5.41) is 5.27. The lowest BCUT2D eigenvalue weighted by Gasteiger charge is -2.09. The Labute approximate surface area is 155 Å². The highest BCUT2D eigenvalue weighted by Crippen LogP contribution is 2.20. The van der Waals surface area contributed by atoms with Gasteiger partial charge in [-0.3, -0.25) is 4.79 Å². The molecule has 0 aromatic heterocycles. The van der Waals surface area contributed by atoms with Crippen molar-refractivity contribution in [1.29, 1.82) is 0 Å². The first-order chi connectivity index (χ1) is 12.7. The molecule has 0 fully saturated rings. The molecule has 1 N–H and O–H groups in total. The molecule has 3 rings (SSSR count). The average molecular weight is 347 g/mol. The lowest BCUT2D eigenvalue weighted by Crippen LogP contribution is -2.28. The smallest absolute Gasteiger partial charge is 0.220 e. The van der Waals surface area contributed by atoms with Crippen LogP contribution in [0.5, 0.6) is 5.75 Å². The van der Waals surface area contributed by atoms with Crippen molar-refractivity contribution in [1.82, 2.24) is 5.32 Å². The molecule has 26 heavy (non-hydrogen) atoms. The summed E-state index contributed by atoms with van der Waals surface area (Å²) in [6.07, 6.45) is 2.31. The van der Waals surface area contributed by atoms with E-state index in [1.807, 2.05) is 30.3 Å². The van der Waals surface area contributed by atoms with Gasteiger partial charge in [-0.25, -0.2) is 0 Å². The van der Waals surface area contributed by atoms with E-state index < -0.39 is 0 Å². The molecular formula is C23H25NO2. The minimum absolute atomic E-state index is 0.0617. The quantitative estimate of drug-likeness (QED) is 0.608. The number of benzene rings is 3. The number of carbonyl (C=O) groups is 1. The highest BCUT2D eigenvalue weighted by Gasteiger charge is 2.03. The summed E-state index contributed by atoms with van der Waals surface area (Å²) >= 11 is 0. The lowest BCUT2D eigenvalue weighted by molar-refractivity contribution is -0.121. The molecule has 0 bridgehead atoms. The first-order valence-corrected chi connectivity index (χ1v) is 9.20. The SMILES string of the molecule is CCc1ccc(CCC(=O)NCCOc2ccc3ccccc3c2)cc1. The van der Waals surface area contributed by atoms with Gasteiger partial charge in [-0.15, -0.1) is 0 Å². The second-order valence-electron chi connectivity index (χ2n) is 6.38. The Morgan fingerprint density at radius 3 is 2.42 bits per heavy atom. The van der Waals surface area contributed by atoms with Crippen LogP contribution in [0.3, 0.4) is 0 Å². The number of rotatable bonds is 8. The third kappa shape index (κ3) is 5.09. The number of carbonyl (C=O) groups excluding carboxylic acids is 1. The molecule has 0 spiro atoms. The molecule has 0 saturated heterocycles. The summed E-state index contributed by atoms with van der Waals surface area (Å²) in [5.74, 6) is 0.889. The van der Waals surface area contributed by atoms with Crippen LogP contribution in [0.4, 0.5) is 0 Å². The van der Waals surface area contributed by atoms with Gasteiger partial charge in [0.05, 0.1) is 6.54 Å². The third-order valence-electron chi connectivity index (χ3n) is 4.49. The summed E-state index contributed by atoms with van der Waals surface area (Å²) < 4.78 is 5.74. The van der Waals surface area contributed by atoms with E-state index in [0.29, 0.717) is 19.6 Å². The molecule has 0 aliphatic carbocycles. The van der Waals surface area contributed by atoms with Gasteiger partial charge in [0.2, 0.25) is 5.91 Å². The Bertz CT molecular complexity index is 855. The summed E-state index contributed by atoms with van der Waals surface area (Å²) in [5.41, 5.74) is 2.52. The van der Waals surface area contributed by atoms with Crippen LogP contribution >= 0.6 is 0 Å². The number of nitrogens with one attached hydrogen (secondary N) is 1. The maximum atomic E-state index is 12.0. The molecule has 134 valence electrons. The topological polar surface area (TPSA) is 38.3 Å². The molecule has 3 aromatic rings. The van der Waals surface area contributed by atoms with Crippen molar-refractivity contribution in [2.45, 2.75) is 26.2 Å². The molecule has 3 aromatic carbocycles. The zero-order chi connectivity index (χ0) is 18.2. The van der Waals surface area contributed by atoms with Crippen molar-refractivity contribution in [2.75, 3.05) is 13.2 Å². The lowest BCUT2D eigenvalue weighted by atomic mass is 10.1. The zero-order valence-electron chi connectivity index (χ0n) is 15.2. The van der Waals surface area contributed by atoms with Crippen LogP contribution in [-0.2, 0) is 17.6 Å². The molecule has 0 aliphatic rings. The fraction of sp³-hybridized carbons (Fsp3) is 0.261. The van der Waals surface area contributed by atoms with E-state index in [9.17, 15) is 4.79 Å². The van der Waals surface area contributed by atoms with Crippen molar-refractivity contribution in [3.63, 3.8) is 0 Å². The molecule has 0 saturated carbocycles. The number of amides is 1. The van der Waals surface area contributed by atoms with Crippen LogP contribution in [0.25, 0.3) is 10.8 Å². The van der Waals surface area contributed by atoms with Gasteiger partial charge in [-0.1, -0.05) is 61.5 Å². The minimum Gasteiger partial charge on any atom is -0.492 e. The molecule has 0 atom stereocenters. The summed E-state index contributed by atoms with van der Waals surface area (Å²) in [4.78, 5) is 12.0. The van der Waals surface area contributed by atoms with Crippen molar-refractivity contribution in [2.24, 2.45) is 0 Å². The third-order valence-corrected chi connectivity index (χ3v) is 4.49. The summed E-state index contributed by atoms with van der Waals surface area (Å²) in [7, 11) is 0. The van der Waals surface area contributed by atoms with E-state index in [4.69, 9.17) is 4.74 Å². The van der Waals surface area contributed by atoms with Crippen LogP contribution in [-0.4, -0.2) is 19.1 Å². The van der Waals surface area contributed by atoms with Crippen LogP contribution in [0.1, 0.15) is 24.5 Å². The van der Waals surface area contributed by atoms with Gasteiger partial charge >= 0.3 is 0 Å². The average Bonchev–Trinajstić information content (AvgIpc) is 2.70. The predicted molar refractivity (Wildman–Crippen MR) is 107 cm³/mol. The highest BCUT2D eigenvalue weighted by molar-refractivity contribution is 5.83. The van der Waals surface area contributed by atoms with Crippen LogP contribution in [0, 0.1) is 0 Å². The second-order valence-corrected chi connectivity index (χ2v) is 6.38. The molecule has 0 unspecified atom stereocenters. The number of hydrogen-bond donors (Lipinski definition) is 1. The maximum Gasteiger partial charge on any atom is 0.220 e. The van der Waals surface area contributed by atoms with E-state index in [1.54, 1.807) is 0 Å². The number of aryl methyl sites for hydroxylation is 2. The van der Waals surface area contributed by atoms with Gasteiger partial charge in [0.25, 0.3) is 0 Å². The van der Waals surface area contributed by atoms with Gasteiger partial charge in [-0.2, -0.15) is 0 Å². The van der Waals surface area contributed by atoms with Crippen LogP contribution < -0.4 is 10.1 Å². The molecule has 0 aliphatic heterocycles. The van der Waals surface area contributed by atoms with Crippen LogP contribution in [0.2, 0.25) is 0 Å². The first-order valence-electron chi connectivity index (χ1n) is 9.20. The Hall–Kier alpha value is -2.81. The predicted octanol–water partition coefficient (Wildman–Crippen LogP) is 4.53. The van der Waals surface area contributed by atoms with Gasteiger partial charge in [0, 0.05) is 6.42 Å². The Morgan fingerprint density at radius 2 is 1.65 bits per heavy atom. The standard InChI is InChI=1S/C23H25NO2/c1-2-18-7-9-19(10-8-18)11-14-23(25)24-15-16-26-22-13-12-20-5-3-4-6-21(20)17-22/h3-10,12-13,17H,2,11,14-16H2,1H3,(H,24,25). The van der Waals surface area contributed by atoms with Crippen LogP contribution in [0.15, 0.2) is 66.7 Å². The summed E-state index contributed by atoms with van der Waals surface area (Å²) in [6, 6.07) is 22.7. The Morgan fingerprint density at radius 1 is 0.923 bits per heavy atom. The highest BCUT2D eigenvalue weighted by atomic mass is 16.5. The van der Waals surface area contributed by atoms with E-state index in [-0.39, 0.29) is 5.91 Å². The monoisotopic (exact) mass is 347 g/mol.